The van der Waals surface area contributed by atoms with Gasteiger partial charge in [0, 0.05) is 31.4 Å². The Morgan fingerprint density at radius 3 is 1.92 bits per heavy atom. The Morgan fingerprint density at radius 1 is 0.667 bits per heavy atom. The third kappa shape index (κ3) is 3.06. The van der Waals surface area contributed by atoms with Crippen LogP contribution in [0, 0.1) is 0 Å². The molecule has 0 aliphatic heterocycles. The zero-order valence-electron chi connectivity index (χ0n) is 13.1. The van der Waals surface area contributed by atoms with Crippen LogP contribution >= 0.6 is 0 Å². The van der Waals surface area contributed by atoms with E-state index in [1.54, 1.807) is 6.20 Å². The molecular formula is C20H14N3Zn-. The normalized spacial score (nSPS) is 10.2. The van der Waals surface area contributed by atoms with Gasteiger partial charge in [0.1, 0.15) is 0 Å². The summed E-state index contributed by atoms with van der Waals surface area (Å²) in [6.07, 6.45) is 1.78. The summed E-state index contributed by atoms with van der Waals surface area (Å²) in [5.74, 6) is 0. The van der Waals surface area contributed by atoms with Gasteiger partial charge in [0.05, 0.1) is 5.69 Å². The van der Waals surface area contributed by atoms with Crippen molar-refractivity contribution in [2.24, 2.45) is 0 Å². The average Bonchev–Trinajstić information content (AvgIpc) is 3.09. The molecule has 112 valence electrons. The maximum Gasteiger partial charge on any atom is 0.0553 e. The van der Waals surface area contributed by atoms with Gasteiger partial charge in [-0.2, -0.15) is 0 Å². The summed E-state index contributed by atoms with van der Waals surface area (Å²) >= 11 is 0. The van der Waals surface area contributed by atoms with Crippen molar-refractivity contribution in [3.63, 3.8) is 0 Å². The molecule has 4 aromatic rings. The number of pyridine rings is 1. The van der Waals surface area contributed by atoms with Crippen molar-refractivity contribution in [2.75, 3.05) is 0 Å². The summed E-state index contributed by atoms with van der Waals surface area (Å²) in [5, 5.41) is 8.88. The van der Waals surface area contributed by atoms with Gasteiger partial charge in [0.2, 0.25) is 0 Å². The van der Waals surface area contributed by atoms with Crippen LogP contribution in [0.3, 0.4) is 0 Å². The van der Waals surface area contributed by atoms with Crippen molar-refractivity contribution in [3.05, 3.63) is 85.1 Å². The Bertz CT molecular complexity index is 847. The van der Waals surface area contributed by atoms with Gasteiger partial charge >= 0.3 is 0 Å². The van der Waals surface area contributed by atoms with Crippen molar-refractivity contribution in [1.29, 1.82) is 0 Å². The van der Waals surface area contributed by atoms with E-state index in [4.69, 9.17) is 0 Å². The molecular weight excluding hydrogens is 348 g/mol. The maximum atomic E-state index is 4.45. The van der Waals surface area contributed by atoms with Crippen LogP contribution in [0.2, 0.25) is 0 Å². The van der Waals surface area contributed by atoms with E-state index in [-0.39, 0.29) is 19.5 Å². The molecule has 0 fully saturated rings. The molecule has 3 nitrogen and oxygen atoms in total. The second-order valence-corrected chi connectivity index (χ2v) is 5.22. The van der Waals surface area contributed by atoms with E-state index in [0.29, 0.717) is 0 Å². The standard InChI is InChI=1S/C20H14N3.Zn/c1-3-9-15(10-4-1)18-19(16-11-5-2-6-12-16)22-23-20(18)17-13-7-8-14-21-17;/h1-14H;/q-1;. The van der Waals surface area contributed by atoms with Crippen molar-refractivity contribution >= 4 is 0 Å². The van der Waals surface area contributed by atoms with Gasteiger partial charge < -0.3 is 10.2 Å². The minimum atomic E-state index is 0. The fourth-order valence-electron chi connectivity index (χ4n) is 2.67. The molecule has 4 heteroatoms. The van der Waals surface area contributed by atoms with E-state index >= 15 is 0 Å². The van der Waals surface area contributed by atoms with Crippen LogP contribution in [0.15, 0.2) is 85.1 Å². The molecule has 0 radical (unpaired) electrons. The molecule has 24 heavy (non-hydrogen) atoms. The molecule has 0 saturated heterocycles. The van der Waals surface area contributed by atoms with E-state index in [1.165, 1.54) is 0 Å². The number of hydrogen-bond donors (Lipinski definition) is 0. The first-order valence-corrected chi connectivity index (χ1v) is 7.49. The molecule has 2 aromatic carbocycles. The van der Waals surface area contributed by atoms with Gasteiger partial charge in [-0.3, -0.25) is 4.98 Å². The number of rotatable bonds is 3. The fourth-order valence-corrected chi connectivity index (χ4v) is 2.67. The molecule has 0 unspecified atom stereocenters. The van der Waals surface area contributed by atoms with Crippen LogP contribution in [0.4, 0.5) is 0 Å². The Hall–Kier alpha value is -2.58. The van der Waals surface area contributed by atoms with E-state index in [2.05, 4.69) is 39.4 Å². The molecule has 0 bridgehead atoms. The molecule has 0 aliphatic rings. The quantitative estimate of drug-likeness (QED) is 0.507. The Balaban J connectivity index is 0.00000169. The largest absolute Gasteiger partial charge is 0.573 e. The molecule has 0 atom stereocenters. The summed E-state index contributed by atoms with van der Waals surface area (Å²) in [5.41, 5.74) is 5.71. The Kier molecular flexibility index (Phi) is 4.97. The third-order valence-corrected chi connectivity index (χ3v) is 3.74. The molecule has 2 aromatic heterocycles. The summed E-state index contributed by atoms with van der Waals surface area (Å²) in [6.45, 7) is 0. The van der Waals surface area contributed by atoms with Crippen molar-refractivity contribution < 1.29 is 19.5 Å². The van der Waals surface area contributed by atoms with Crippen LogP contribution in [-0.2, 0) is 19.5 Å². The molecule has 0 saturated carbocycles. The first-order chi connectivity index (χ1) is 11.4. The molecule has 4 rings (SSSR count). The Labute approximate surface area is 153 Å². The van der Waals surface area contributed by atoms with Crippen molar-refractivity contribution in [3.8, 4) is 33.8 Å². The Morgan fingerprint density at radius 2 is 1.29 bits per heavy atom. The van der Waals surface area contributed by atoms with Crippen LogP contribution in [0.5, 0.6) is 0 Å². The van der Waals surface area contributed by atoms with Gasteiger partial charge in [0.25, 0.3) is 0 Å². The summed E-state index contributed by atoms with van der Waals surface area (Å²) in [7, 11) is 0. The number of benzene rings is 2. The summed E-state index contributed by atoms with van der Waals surface area (Å²) in [4.78, 5) is 4.44. The van der Waals surface area contributed by atoms with Gasteiger partial charge in [-0.25, -0.2) is 0 Å². The van der Waals surface area contributed by atoms with E-state index < -0.39 is 0 Å². The first-order valence-electron chi connectivity index (χ1n) is 7.49. The first kappa shape index (κ1) is 16.3. The molecule has 0 spiro atoms. The predicted octanol–water partition coefficient (Wildman–Crippen LogP) is 4.43. The number of hydrogen-bond acceptors (Lipinski definition) is 2. The van der Waals surface area contributed by atoms with Gasteiger partial charge in [0.15, 0.2) is 0 Å². The van der Waals surface area contributed by atoms with Crippen LogP contribution in [0.25, 0.3) is 33.8 Å². The molecule has 0 aliphatic carbocycles. The third-order valence-electron chi connectivity index (χ3n) is 3.74. The molecule has 0 N–H and O–H groups in total. The average molecular weight is 362 g/mol. The van der Waals surface area contributed by atoms with Crippen LogP contribution in [0.1, 0.15) is 0 Å². The summed E-state index contributed by atoms with van der Waals surface area (Å²) < 4.78 is 0. The van der Waals surface area contributed by atoms with E-state index in [9.17, 15) is 0 Å². The fraction of sp³-hybridized carbons (Fsp3) is 0. The molecule has 2 heterocycles. The summed E-state index contributed by atoms with van der Waals surface area (Å²) in [6, 6.07) is 26.2. The second kappa shape index (κ2) is 7.33. The van der Waals surface area contributed by atoms with Gasteiger partial charge in [-0.15, -0.1) is 0 Å². The zero-order valence-corrected chi connectivity index (χ0v) is 16.1. The minimum Gasteiger partial charge on any atom is -0.573 e. The second-order valence-electron chi connectivity index (χ2n) is 5.22. The van der Waals surface area contributed by atoms with E-state index in [0.717, 1.165) is 33.8 Å². The maximum absolute atomic E-state index is 4.45. The minimum absolute atomic E-state index is 0. The number of aromatic nitrogens is 3. The van der Waals surface area contributed by atoms with E-state index in [1.807, 2.05) is 54.6 Å². The van der Waals surface area contributed by atoms with Gasteiger partial charge in [-0.05, 0) is 28.8 Å². The zero-order chi connectivity index (χ0) is 15.5. The predicted molar refractivity (Wildman–Crippen MR) is 91.7 cm³/mol. The smallest absolute Gasteiger partial charge is 0.0553 e. The van der Waals surface area contributed by atoms with Gasteiger partial charge in [-0.1, -0.05) is 72.4 Å². The van der Waals surface area contributed by atoms with Crippen LogP contribution < -0.4 is 5.10 Å². The number of nitrogens with zero attached hydrogens (tertiary/aromatic N) is 3. The van der Waals surface area contributed by atoms with Crippen molar-refractivity contribution in [1.82, 2.24) is 15.2 Å². The topological polar surface area (TPSA) is 39.9 Å². The van der Waals surface area contributed by atoms with Crippen molar-refractivity contribution in [2.45, 2.75) is 0 Å². The monoisotopic (exact) mass is 360 g/mol. The molecule has 0 amide bonds. The van der Waals surface area contributed by atoms with Crippen LogP contribution in [-0.4, -0.2) is 10.1 Å². The SMILES string of the molecule is [Zn].c1ccc(-c2n[n-]c(-c3ccccn3)c2-c2ccccc2)cc1.